The number of rotatable bonds is 9. The Morgan fingerprint density at radius 3 is 2.24 bits per heavy atom. The Bertz CT molecular complexity index is 324. The van der Waals surface area contributed by atoms with Crippen molar-refractivity contribution < 1.29 is 14.7 Å². The van der Waals surface area contributed by atoms with Crippen LogP contribution in [0, 0.1) is 5.41 Å². The first-order valence-electron chi connectivity index (χ1n) is 7.93. The molecule has 0 rings (SSSR count). The lowest BCUT2D eigenvalue weighted by molar-refractivity contribution is -0.137. The summed E-state index contributed by atoms with van der Waals surface area (Å²) < 4.78 is 0. The van der Waals surface area contributed by atoms with E-state index in [1.165, 1.54) is 6.42 Å². The lowest BCUT2D eigenvalue weighted by atomic mass is 9.87. The Morgan fingerprint density at radius 2 is 1.76 bits per heavy atom. The molecule has 0 aliphatic heterocycles. The van der Waals surface area contributed by atoms with E-state index in [9.17, 15) is 9.59 Å². The molecule has 5 heteroatoms. The SMILES string of the molecule is CCCCCC(C)NC(=O)NC(CC(=O)O)CC(C)(C)C. The van der Waals surface area contributed by atoms with Crippen molar-refractivity contribution in [1.82, 2.24) is 10.6 Å². The van der Waals surface area contributed by atoms with Crippen molar-refractivity contribution >= 4 is 12.0 Å². The predicted octanol–water partition coefficient (Wildman–Crippen LogP) is 3.53. The van der Waals surface area contributed by atoms with Gasteiger partial charge in [0.05, 0.1) is 6.42 Å². The van der Waals surface area contributed by atoms with Gasteiger partial charge in [-0.2, -0.15) is 0 Å². The van der Waals surface area contributed by atoms with Gasteiger partial charge in [-0.3, -0.25) is 4.79 Å². The zero-order valence-corrected chi connectivity index (χ0v) is 14.2. The molecule has 2 unspecified atom stereocenters. The number of unbranched alkanes of at least 4 members (excludes halogenated alkanes) is 2. The highest BCUT2D eigenvalue weighted by molar-refractivity contribution is 5.76. The summed E-state index contributed by atoms with van der Waals surface area (Å²) in [5.41, 5.74) is -0.0276. The highest BCUT2D eigenvalue weighted by Gasteiger charge is 2.23. The van der Waals surface area contributed by atoms with Gasteiger partial charge in [-0.05, 0) is 25.2 Å². The summed E-state index contributed by atoms with van der Waals surface area (Å²) >= 11 is 0. The molecule has 2 atom stereocenters. The normalized spacial score (nSPS) is 14.3. The molecule has 0 bridgehead atoms. The maximum atomic E-state index is 11.9. The predicted molar refractivity (Wildman–Crippen MR) is 85.4 cm³/mol. The molecular weight excluding hydrogens is 268 g/mol. The number of carbonyl (C=O) groups is 2. The van der Waals surface area contributed by atoms with Crippen LogP contribution in [0.2, 0.25) is 0 Å². The van der Waals surface area contributed by atoms with E-state index in [-0.39, 0.29) is 30.0 Å². The Morgan fingerprint density at radius 1 is 1.14 bits per heavy atom. The van der Waals surface area contributed by atoms with E-state index in [1.54, 1.807) is 0 Å². The Hall–Kier alpha value is -1.26. The van der Waals surface area contributed by atoms with Crippen LogP contribution in [0.3, 0.4) is 0 Å². The minimum Gasteiger partial charge on any atom is -0.481 e. The highest BCUT2D eigenvalue weighted by atomic mass is 16.4. The molecule has 0 spiro atoms. The molecule has 0 aromatic carbocycles. The number of carboxylic acid groups (broad SMARTS) is 1. The Labute approximate surface area is 128 Å². The van der Waals surface area contributed by atoms with Crippen LogP contribution < -0.4 is 10.6 Å². The van der Waals surface area contributed by atoms with Crippen molar-refractivity contribution in [2.45, 2.75) is 85.2 Å². The van der Waals surface area contributed by atoms with E-state index in [4.69, 9.17) is 5.11 Å². The first kappa shape index (κ1) is 19.7. The zero-order chi connectivity index (χ0) is 16.5. The Kier molecular flexibility index (Phi) is 9.06. The van der Waals surface area contributed by atoms with Gasteiger partial charge in [0.15, 0.2) is 0 Å². The monoisotopic (exact) mass is 300 g/mol. The third kappa shape index (κ3) is 12.2. The van der Waals surface area contributed by atoms with Gasteiger partial charge in [0, 0.05) is 12.1 Å². The number of hydrogen-bond donors (Lipinski definition) is 3. The lowest BCUT2D eigenvalue weighted by Gasteiger charge is -2.26. The average molecular weight is 300 g/mol. The Balaban J connectivity index is 4.29. The summed E-state index contributed by atoms with van der Waals surface area (Å²) in [6, 6.07) is -0.503. The van der Waals surface area contributed by atoms with Gasteiger partial charge in [0.25, 0.3) is 0 Å². The molecule has 2 amide bonds. The van der Waals surface area contributed by atoms with Gasteiger partial charge in [-0.1, -0.05) is 47.0 Å². The third-order valence-electron chi connectivity index (χ3n) is 3.23. The first-order valence-corrected chi connectivity index (χ1v) is 7.93. The van der Waals surface area contributed by atoms with Gasteiger partial charge >= 0.3 is 12.0 Å². The molecule has 0 saturated heterocycles. The molecule has 0 aromatic heterocycles. The van der Waals surface area contributed by atoms with E-state index < -0.39 is 5.97 Å². The minimum atomic E-state index is -0.888. The van der Waals surface area contributed by atoms with E-state index in [1.807, 2.05) is 27.7 Å². The number of hydrogen-bond acceptors (Lipinski definition) is 2. The minimum absolute atomic E-state index is 0.0276. The number of urea groups is 1. The van der Waals surface area contributed by atoms with E-state index in [2.05, 4.69) is 17.6 Å². The lowest BCUT2D eigenvalue weighted by Crippen LogP contribution is -2.47. The molecule has 5 nitrogen and oxygen atoms in total. The standard InChI is InChI=1S/C16H32N2O3/c1-6-7-8-9-12(2)17-15(21)18-13(10-14(19)20)11-16(3,4)5/h12-13H,6-11H2,1-5H3,(H,19,20)(H2,17,18,21). The number of aliphatic carboxylic acids is 1. The van der Waals surface area contributed by atoms with Crippen molar-refractivity contribution in [3.05, 3.63) is 0 Å². The second kappa shape index (κ2) is 9.64. The summed E-state index contributed by atoms with van der Waals surface area (Å²) in [5.74, 6) is -0.888. The first-order chi connectivity index (χ1) is 9.64. The van der Waals surface area contributed by atoms with Gasteiger partial charge in [0.1, 0.15) is 0 Å². The fourth-order valence-corrected chi connectivity index (χ4v) is 2.35. The zero-order valence-electron chi connectivity index (χ0n) is 14.2. The molecule has 0 aliphatic rings. The summed E-state index contributed by atoms with van der Waals surface area (Å²) in [6.07, 6.45) is 4.96. The fourth-order valence-electron chi connectivity index (χ4n) is 2.35. The number of amides is 2. The largest absolute Gasteiger partial charge is 0.481 e. The topological polar surface area (TPSA) is 78.4 Å². The van der Waals surface area contributed by atoms with Crippen molar-refractivity contribution in [3.8, 4) is 0 Å². The fraction of sp³-hybridized carbons (Fsp3) is 0.875. The van der Waals surface area contributed by atoms with Crippen LogP contribution in [0.1, 0.15) is 73.1 Å². The van der Waals surface area contributed by atoms with Crippen LogP contribution in [0.4, 0.5) is 4.79 Å². The van der Waals surface area contributed by atoms with Crippen molar-refractivity contribution in [2.75, 3.05) is 0 Å². The smallest absolute Gasteiger partial charge is 0.315 e. The van der Waals surface area contributed by atoms with Crippen LogP contribution in [0.25, 0.3) is 0 Å². The van der Waals surface area contributed by atoms with Crippen LogP contribution >= 0.6 is 0 Å². The van der Waals surface area contributed by atoms with E-state index >= 15 is 0 Å². The molecule has 0 aliphatic carbocycles. The number of carboxylic acids is 1. The summed E-state index contributed by atoms with van der Waals surface area (Å²) in [7, 11) is 0. The number of nitrogens with one attached hydrogen (secondary N) is 2. The van der Waals surface area contributed by atoms with Gasteiger partial charge < -0.3 is 15.7 Å². The van der Waals surface area contributed by atoms with E-state index in [0.717, 1.165) is 19.3 Å². The highest BCUT2D eigenvalue weighted by Crippen LogP contribution is 2.22. The maximum Gasteiger partial charge on any atom is 0.315 e. The molecule has 21 heavy (non-hydrogen) atoms. The molecule has 0 saturated carbocycles. The van der Waals surface area contributed by atoms with Gasteiger partial charge in [-0.25, -0.2) is 4.79 Å². The van der Waals surface area contributed by atoms with Crippen molar-refractivity contribution in [2.24, 2.45) is 5.41 Å². The second-order valence-electron chi connectivity index (χ2n) is 7.07. The van der Waals surface area contributed by atoms with Crippen LogP contribution in [0.15, 0.2) is 0 Å². The maximum absolute atomic E-state index is 11.9. The van der Waals surface area contributed by atoms with Crippen molar-refractivity contribution in [3.63, 3.8) is 0 Å². The van der Waals surface area contributed by atoms with Crippen LogP contribution in [0.5, 0.6) is 0 Å². The molecule has 0 heterocycles. The molecular formula is C16H32N2O3. The quantitative estimate of drug-likeness (QED) is 0.570. The molecule has 0 aromatic rings. The van der Waals surface area contributed by atoms with Crippen LogP contribution in [-0.4, -0.2) is 29.2 Å². The van der Waals surface area contributed by atoms with Crippen LogP contribution in [-0.2, 0) is 4.79 Å². The summed E-state index contributed by atoms with van der Waals surface area (Å²) in [5, 5.41) is 14.6. The average Bonchev–Trinajstić information content (AvgIpc) is 2.25. The molecule has 0 radical (unpaired) electrons. The molecule has 3 N–H and O–H groups in total. The summed E-state index contributed by atoms with van der Waals surface area (Å²) in [6.45, 7) is 10.2. The second-order valence-corrected chi connectivity index (χ2v) is 7.07. The molecule has 0 fully saturated rings. The van der Waals surface area contributed by atoms with Crippen molar-refractivity contribution in [1.29, 1.82) is 0 Å². The number of carbonyl (C=O) groups excluding carboxylic acids is 1. The molecule has 124 valence electrons. The van der Waals surface area contributed by atoms with Gasteiger partial charge in [-0.15, -0.1) is 0 Å². The van der Waals surface area contributed by atoms with E-state index in [0.29, 0.717) is 6.42 Å². The summed E-state index contributed by atoms with van der Waals surface area (Å²) in [4.78, 5) is 22.9. The third-order valence-corrected chi connectivity index (χ3v) is 3.23. The van der Waals surface area contributed by atoms with Gasteiger partial charge in [0.2, 0.25) is 0 Å².